The molecule has 0 aliphatic carbocycles. The lowest BCUT2D eigenvalue weighted by atomic mass is 10.0. The Morgan fingerprint density at radius 3 is 1.66 bits per heavy atom. The number of rotatable bonds is 6. The molecule has 0 unspecified atom stereocenters. The first kappa shape index (κ1) is 31.0. The van der Waals surface area contributed by atoms with Crippen LogP contribution in [0.3, 0.4) is 0 Å². The van der Waals surface area contributed by atoms with Crippen LogP contribution >= 0.6 is 10.0 Å². The Balaban J connectivity index is 1.30. The molecule has 0 aliphatic heterocycles. The van der Waals surface area contributed by atoms with Crippen LogP contribution in [0.1, 0.15) is 5.56 Å². The zero-order chi connectivity index (χ0) is 35.4. The van der Waals surface area contributed by atoms with Gasteiger partial charge in [-0.25, -0.2) is 0 Å². The van der Waals surface area contributed by atoms with Crippen molar-refractivity contribution >= 4 is 53.8 Å². The standard InChI is InChI=1S/C49H32N2OS/c50-33-34-15-13-21-39(29-34)53(37-17-3-1-4-18-37,38-19-5-2-6-20-38)40-22-14-16-35(30-40)44-31-36(32-45-43-25-9-12-28-48(43)52-49(44)45)51-46-26-10-7-23-41(46)42-24-8-11-27-47(42)51/h1-32H. The highest BCUT2D eigenvalue weighted by Crippen LogP contribution is 2.73. The van der Waals surface area contributed by atoms with Crippen LogP contribution in [0.25, 0.3) is 60.6 Å². The Hall–Kier alpha value is -6.80. The van der Waals surface area contributed by atoms with E-state index in [0.29, 0.717) is 5.56 Å². The molecule has 8 aromatic carbocycles. The van der Waals surface area contributed by atoms with Gasteiger partial charge in [-0.1, -0.05) is 109 Å². The van der Waals surface area contributed by atoms with Gasteiger partial charge in [0.2, 0.25) is 0 Å². The molecule has 0 saturated heterocycles. The molecule has 3 nitrogen and oxygen atoms in total. The van der Waals surface area contributed by atoms with Gasteiger partial charge in [0.1, 0.15) is 11.2 Å². The van der Waals surface area contributed by atoms with E-state index in [9.17, 15) is 5.26 Å². The predicted molar refractivity (Wildman–Crippen MR) is 218 cm³/mol. The minimum absolute atomic E-state index is 0.644. The lowest BCUT2D eigenvalue weighted by Gasteiger charge is -2.42. The second kappa shape index (κ2) is 12.5. The summed E-state index contributed by atoms with van der Waals surface area (Å²) in [6.07, 6.45) is 0. The van der Waals surface area contributed by atoms with Crippen LogP contribution in [-0.2, 0) is 0 Å². The molecule has 0 N–H and O–H groups in total. The second-order valence-electron chi connectivity index (χ2n) is 13.2. The van der Waals surface area contributed by atoms with Crippen LogP contribution in [0.2, 0.25) is 0 Å². The van der Waals surface area contributed by atoms with Crippen LogP contribution < -0.4 is 0 Å². The van der Waals surface area contributed by atoms with E-state index in [4.69, 9.17) is 4.42 Å². The topological polar surface area (TPSA) is 41.9 Å². The fourth-order valence-electron chi connectivity index (χ4n) is 8.03. The van der Waals surface area contributed by atoms with Gasteiger partial charge in [-0.05, 0) is 90.5 Å². The van der Waals surface area contributed by atoms with Gasteiger partial charge in [0, 0.05) is 52.4 Å². The van der Waals surface area contributed by atoms with Gasteiger partial charge in [-0.2, -0.15) is 5.26 Å². The van der Waals surface area contributed by atoms with Gasteiger partial charge in [-0.15, -0.1) is 10.0 Å². The Kier molecular flexibility index (Phi) is 7.28. The molecule has 4 heteroatoms. The molecule has 10 aromatic rings. The van der Waals surface area contributed by atoms with E-state index in [1.807, 2.05) is 18.2 Å². The third-order valence-electron chi connectivity index (χ3n) is 10.3. The third-order valence-corrected chi connectivity index (χ3v) is 14.2. The molecular weight excluding hydrogens is 665 g/mol. The maximum Gasteiger partial charge on any atom is 0.143 e. The Bertz CT molecular complexity index is 2930. The summed E-state index contributed by atoms with van der Waals surface area (Å²) in [7, 11) is -2.05. The van der Waals surface area contributed by atoms with Crippen molar-refractivity contribution in [3.05, 3.63) is 200 Å². The quantitative estimate of drug-likeness (QED) is 0.174. The average molecular weight is 697 g/mol. The normalized spacial score (nSPS) is 12.1. The second-order valence-corrected chi connectivity index (χ2v) is 16.4. The summed E-state index contributed by atoms with van der Waals surface area (Å²) in [5.74, 6) is 0. The molecule has 0 saturated carbocycles. The van der Waals surface area contributed by atoms with Gasteiger partial charge in [0.05, 0.1) is 22.7 Å². The number of nitriles is 1. The molecule has 0 atom stereocenters. The lowest BCUT2D eigenvalue weighted by Crippen LogP contribution is -2.05. The number of para-hydroxylation sites is 3. The molecule has 0 fully saturated rings. The first-order valence-corrected chi connectivity index (χ1v) is 19.4. The van der Waals surface area contributed by atoms with E-state index in [2.05, 4.69) is 187 Å². The summed E-state index contributed by atoms with van der Waals surface area (Å²) in [5, 5.41) is 14.7. The molecule has 53 heavy (non-hydrogen) atoms. The molecule has 0 aliphatic rings. The minimum Gasteiger partial charge on any atom is -0.455 e. The first-order chi connectivity index (χ1) is 26.2. The minimum atomic E-state index is -2.05. The fourth-order valence-corrected chi connectivity index (χ4v) is 12.0. The monoisotopic (exact) mass is 696 g/mol. The van der Waals surface area contributed by atoms with Crippen molar-refractivity contribution in [2.24, 2.45) is 0 Å². The summed E-state index contributed by atoms with van der Waals surface area (Å²) in [5.41, 5.74) is 7.86. The Morgan fingerprint density at radius 2 is 1.00 bits per heavy atom. The van der Waals surface area contributed by atoms with Crippen LogP contribution in [0, 0.1) is 11.3 Å². The molecule has 250 valence electrons. The van der Waals surface area contributed by atoms with Crippen molar-refractivity contribution in [2.75, 3.05) is 0 Å². The predicted octanol–water partition coefficient (Wildman–Crippen LogP) is 13.6. The van der Waals surface area contributed by atoms with Crippen LogP contribution in [0.15, 0.2) is 218 Å². The Labute approximate surface area is 308 Å². The molecule has 2 heterocycles. The summed E-state index contributed by atoms with van der Waals surface area (Å²) >= 11 is 0. The number of fused-ring (bicyclic) bond motifs is 6. The number of hydrogen-bond donors (Lipinski definition) is 0. The molecule has 0 radical (unpaired) electrons. The van der Waals surface area contributed by atoms with Crippen molar-refractivity contribution in [1.29, 1.82) is 5.26 Å². The third kappa shape index (κ3) is 4.83. The number of benzene rings is 8. The van der Waals surface area contributed by atoms with E-state index in [1.54, 1.807) is 0 Å². The van der Waals surface area contributed by atoms with Crippen molar-refractivity contribution in [2.45, 2.75) is 19.6 Å². The van der Waals surface area contributed by atoms with E-state index in [1.165, 1.54) is 25.5 Å². The van der Waals surface area contributed by atoms with Crippen molar-refractivity contribution in [3.63, 3.8) is 0 Å². The van der Waals surface area contributed by atoms with Crippen molar-refractivity contribution < 1.29 is 4.42 Å². The summed E-state index contributed by atoms with van der Waals surface area (Å²) in [6.45, 7) is 0. The van der Waals surface area contributed by atoms with Gasteiger partial charge in [-0.3, -0.25) is 0 Å². The van der Waals surface area contributed by atoms with Crippen molar-refractivity contribution in [1.82, 2.24) is 4.57 Å². The molecule has 2 aromatic heterocycles. The number of aromatic nitrogens is 1. The fraction of sp³-hybridized carbons (Fsp3) is 0. The molecule has 10 rings (SSSR count). The van der Waals surface area contributed by atoms with E-state index >= 15 is 0 Å². The highest BCUT2D eigenvalue weighted by atomic mass is 32.3. The maximum absolute atomic E-state index is 10.1. The molecule has 0 spiro atoms. The molecule has 0 bridgehead atoms. The van der Waals surface area contributed by atoms with Crippen molar-refractivity contribution in [3.8, 4) is 22.9 Å². The van der Waals surface area contributed by atoms with Crippen LogP contribution in [0.4, 0.5) is 0 Å². The molecule has 0 amide bonds. The van der Waals surface area contributed by atoms with Crippen LogP contribution in [0.5, 0.6) is 0 Å². The zero-order valence-corrected chi connectivity index (χ0v) is 29.5. The van der Waals surface area contributed by atoms with E-state index in [0.717, 1.165) is 54.7 Å². The van der Waals surface area contributed by atoms with Gasteiger partial charge >= 0.3 is 0 Å². The highest BCUT2D eigenvalue weighted by molar-refractivity contribution is 8.34. The zero-order valence-electron chi connectivity index (χ0n) is 28.7. The maximum atomic E-state index is 10.1. The Morgan fingerprint density at radius 1 is 0.453 bits per heavy atom. The number of nitrogens with zero attached hydrogens (tertiary/aromatic N) is 2. The van der Waals surface area contributed by atoms with E-state index < -0.39 is 10.0 Å². The smallest absolute Gasteiger partial charge is 0.143 e. The number of hydrogen-bond acceptors (Lipinski definition) is 2. The summed E-state index contributed by atoms with van der Waals surface area (Å²) < 4.78 is 9.14. The average Bonchev–Trinajstić information content (AvgIpc) is 3.78. The highest BCUT2D eigenvalue weighted by Gasteiger charge is 2.34. The first-order valence-electron chi connectivity index (χ1n) is 17.7. The van der Waals surface area contributed by atoms with E-state index in [-0.39, 0.29) is 0 Å². The molecular formula is C49H32N2OS. The van der Waals surface area contributed by atoms with Crippen LogP contribution in [-0.4, -0.2) is 4.57 Å². The van der Waals surface area contributed by atoms with Gasteiger partial charge in [0.25, 0.3) is 0 Å². The summed E-state index contributed by atoms with van der Waals surface area (Å²) in [4.78, 5) is 4.69. The largest absolute Gasteiger partial charge is 0.455 e. The SMILES string of the molecule is N#Cc1cccc(S(c2ccccc2)(c2ccccc2)c2cccc(-c3cc(-n4c5ccccc5c5ccccc54)cc4c3oc3ccccc34)c2)c1. The lowest BCUT2D eigenvalue weighted by molar-refractivity contribution is 0.670. The number of furan rings is 1. The van der Waals surface area contributed by atoms with Gasteiger partial charge < -0.3 is 8.98 Å². The van der Waals surface area contributed by atoms with Gasteiger partial charge in [0.15, 0.2) is 0 Å². The summed E-state index contributed by atoms with van der Waals surface area (Å²) in [6, 6.07) is 71.3.